The van der Waals surface area contributed by atoms with E-state index in [1.807, 2.05) is 42.5 Å². The summed E-state index contributed by atoms with van der Waals surface area (Å²) in [6.07, 6.45) is -0.135. The molecule has 0 radical (unpaired) electrons. The molecule has 136 valence electrons. The molecule has 0 unspecified atom stereocenters. The number of nitrogens with zero attached hydrogens (tertiary/aromatic N) is 2. The second kappa shape index (κ2) is 8.38. The van der Waals surface area contributed by atoms with Crippen molar-refractivity contribution in [1.29, 1.82) is 0 Å². The lowest BCUT2D eigenvalue weighted by atomic mass is 10.2. The Morgan fingerprint density at radius 1 is 0.962 bits per heavy atom. The predicted molar refractivity (Wildman–Crippen MR) is 101 cm³/mol. The third-order valence-electron chi connectivity index (χ3n) is 4.43. The molecule has 6 heteroatoms. The smallest absolute Gasteiger partial charge is 0.233 e. The van der Waals surface area contributed by atoms with E-state index in [9.17, 15) is 9.59 Å². The van der Waals surface area contributed by atoms with Crippen molar-refractivity contribution in [2.75, 3.05) is 43.5 Å². The molecule has 0 aliphatic carbocycles. The number of nitrogens with one attached hydrogen (secondary N) is 1. The lowest BCUT2D eigenvalue weighted by Gasteiger charge is -2.36. The van der Waals surface area contributed by atoms with Gasteiger partial charge in [-0.3, -0.25) is 9.59 Å². The number of anilines is 2. The molecule has 1 saturated heterocycles. The Labute approximate surface area is 153 Å². The fourth-order valence-corrected chi connectivity index (χ4v) is 3.06. The van der Waals surface area contributed by atoms with Crippen molar-refractivity contribution in [3.8, 4) is 5.75 Å². The molecule has 1 aliphatic rings. The maximum Gasteiger partial charge on any atom is 0.233 e. The van der Waals surface area contributed by atoms with E-state index in [4.69, 9.17) is 4.74 Å². The van der Waals surface area contributed by atoms with Gasteiger partial charge in [-0.15, -0.1) is 0 Å². The molecule has 1 aliphatic heterocycles. The first-order chi connectivity index (χ1) is 12.7. The Balaban J connectivity index is 1.51. The molecular formula is C20H23N3O3. The van der Waals surface area contributed by atoms with Gasteiger partial charge in [0.25, 0.3) is 0 Å². The van der Waals surface area contributed by atoms with Crippen LogP contribution in [0.4, 0.5) is 11.4 Å². The van der Waals surface area contributed by atoms with Crippen LogP contribution in [0.15, 0.2) is 54.6 Å². The fourth-order valence-electron chi connectivity index (χ4n) is 3.06. The van der Waals surface area contributed by atoms with Crippen LogP contribution >= 0.6 is 0 Å². The zero-order chi connectivity index (χ0) is 18.4. The summed E-state index contributed by atoms with van der Waals surface area (Å²) in [5, 5.41) is 2.75. The van der Waals surface area contributed by atoms with Crippen LogP contribution in [-0.2, 0) is 9.59 Å². The third-order valence-corrected chi connectivity index (χ3v) is 4.43. The maximum absolute atomic E-state index is 12.4. The van der Waals surface area contributed by atoms with Gasteiger partial charge in [-0.25, -0.2) is 0 Å². The Morgan fingerprint density at radius 3 is 2.31 bits per heavy atom. The van der Waals surface area contributed by atoms with Crippen LogP contribution < -0.4 is 15.0 Å². The summed E-state index contributed by atoms with van der Waals surface area (Å²) in [5.74, 6) is 0.404. The van der Waals surface area contributed by atoms with Crippen molar-refractivity contribution < 1.29 is 14.3 Å². The Morgan fingerprint density at radius 2 is 1.62 bits per heavy atom. The van der Waals surface area contributed by atoms with Gasteiger partial charge in [0.15, 0.2) is 0 Å². The van der Waals surface area contributed by atoms with Gasteiger partial charge in [0, 0.05) is 31.9 Å². The minimum Gasteiger partial charge on any atom is -0.495 e. The molecule has 26 heavy (non-hydrogen) atoms. The van der Waals surface area contributed by atoms with Crippen LogP contribution in [-0.4, -0.2) is 50.0 Å². The maximum atomic E-state index is 12.4. The van der Waals surface area contributed by atoms with Crippen LogP contribution in [0.5, 0.6) is 5.75 Å². The first-order valence-corrected chi connectivity index (χ1v) is 8.68. The monoisotopic (exact) mass is 353 g/mol. The summed E-state index contributed by atoms with van der Waals surface area (Å²) in [6.45, 7) is 2.61. The zero-order valence-electron chi connectivity index (χ0n) is 14.9. The van der Waals surface area contributed by atoms with E-state index in [1.165, 1.54) is 0 Å². The molecule has 1 N–H and O–H groups in total. The van der Waals surface area contributed by atoms with Crippen LogP contribution in [0.2, 0.25) is 0 Å². The summed E-state index contributed by atoms with van der Waals surface area (Å²) in [6, 6.07) is 17.0. The first-order valence-electron chi connectivity index (χ1n) is 8.68. The number of amides is 2. The number of methoxy groups -OCH3 is 1. The number of rotatable bonds is 5. The van der Waals surface area contributed by atoms with Crippen molar-refractivity contribution in [3.05, 3.63) is 54.6 Å². The molecule has 3 rings (SSSR count). The third kappa shape index (κ3) is 4.33. The minimum absolute atomic E-state index is 0.135. The number of hydrogen-bond donors (Lipinski definition) is 1. The second-order valence-electron chi connectivity index (χ2n) is 6.13. The van der Waals surface area contributed by atoms with Gasteiger partial charge in [-0.2, -0.15) is 0 Å². The van der Waals surface area contributed by atoms with Crippen molar-refractivity contribution in [2.24, 2.45) is 0 Å². The van der Waals surface area contributed by atoms with E-state index in [1.54, 1.807) is 24.1 Å². The highest BCUT2D eigenvalue weighted by atomic mass is 16.5. The van der Waals surface area contributed by atoms with Gasteiger partial charge in [0.05, 0.1) is 12.8 Å². The van der Waals surface area contributed by atoms with E-state index in [0.717, 1.165) is 11.4 Å². The fraction of sp³-hybridized carbons (Fsp3) is 0.300. The molecule has 0 aromatic heterocycles. The Kier molecular flexibility index (Phi) is 5.73. The number of benzene rings is 2. The first kappa shape index (κ1) is 17.8. The molecule has 1 heterocycles. The average Bonchev–Trinajstić information content (AvgIpc) is 2.68. The van der Waals surface area contributed by atoms with Gasteiger partial charge in [0.2, 0.25) is 11.8 Å². The van der Waals surface area contributed by atoms with Crippen molar-refractivity contribution in [3.63, 3.8) is 0 Å². The molecule has 2 aromatic rings. The lowest BCUT2D eigenvalue weighted by Crippen LogP contribution is -2.49. The van der Waals surface area contributed by atoms with Gasteiger partial charge < -0.3 is 19.9 Å². The highest BCUT2D eigenvalue weighted by Crippen LogP contribution is 2.28. The number of carbonyl (C=O) groups is 2. The number of hydrogen-bond acceptors (Lipinski definition) is 4. The van der Waals surface area contributed by atoms with E-state index < -0.39 is 0 Å². The average molecular weight is 353 g/mol. The minimum atomic E-state index is -0.284. The molecule has 0 atom stereocenters. The molecule has 0 spiro atoms. The van der Waals surface area contributed by atoms with Gasteiger partial charge >= 0.3 is 0 Å². The largest absolute Gasteiger partial charge is 0.495 e. The molecule has 2 amide bonds. The van der Waals surface area contributed by atoms with Gasteiger partial charge in [0.1, 0.15) is 12.2 Å². The molecule has 2 aromatic carbocycles. The van der Waals surface area contributed by atoms with Gasteiger partial charge in [-0.05, 0) is 24.3 Å². The Hall–Kier alpha value is -3.02. The predicted octanol–water partition coefficient (Wildman–Crippen LogP) is 2.37. The summed E-state index contributed by atoms with van der Waals surface area (Å²) in [4.78, 5) is 28.4. The highest BCUT2D eigenvalue weighted by Gasteiger charge is 2.24. The van der Waals surface area contributed by atoms with Crippen LogP contribution in [0.1, 0.15) is 6.42 Å². The van der Waals surface area contributed by atoms with Crippen LogP contribution in [0.3, 0.4) is 0 Å². The van der Waals surface area contributed by atoms with Crippen molar-refractivity contribution >= 4 is 23.2 Å². The number of para-hydroxylation sites is 3. The molecular weight excluding hydrogens is 330 g/mol. The summed E-state index contributed by atoms with van der Waals surface area (Å²) in [5.41, 5.74) is 1.73. The normalized spacial score (nSPS) is 14.0. The van der Waals surface area contributed by atoms with Crippen molar-refractivity contribution in [2.45, 2.75) is 6.42 Å². The topological polar surface area (TPSA) is 61.9 Å². The Bertz CT molecular complexity index is 756. The van der Waals surface area contributed by atoms with E-state index in [2.05, 4.69) is 10.2 Å². The number of ether oxygens (including phenoxy) is 1. The molecule has 0 bridgehead atoms. The quantitative estimate of drug-likeness (QED) is 0.839. The van der Waals surface area contributed by atoms with Crippen LogP contribution in [0, 0.1) is 0 Å². The number of carbonyl (C=O) groups excluding carboxylic acids is 2. The summed E-state index contributed by atoms with van der Waals surface area (Å²) < 4.78 is 5.41. The highest BCUT2D eigenvalue weighted by molar-refractivity contribution is 6.03. The summed E-state index contributed by atoms with van der Waals surface area (Å²) >= 11 is 0. The zero-order valence-corrected chi connectivity index (χ0v) is 14.9. The van der Waals surface area contributed by atoms with E-state index >= 15 is 0 Å². The summed E-state index contributed by atoms with van der Waals surface area (Å²) in [7, 11) is 1.66. The molecule has 0 saturated carbocycles. The SMILES string of the molecule is COc1ccccc1N1CCN(C(=O)CC(=O)Nc2ccccc2)CC1. The van der Waals surface area contributed by atoms with Crippen LogP contribution in [0.25, 0.3) is 0 Å². The van der Waals surface area contributed by atoms with E-state index in [0.29, 0.717) is 31.9 Å². The van der Waals surface area contributed by atoms with Crippen molar-refractivity contribution in [1.82, 2.24) is 4.90 Å². The second-order valence-corrected chi connectivity index (χ2v) is 6.13. The standard InChI is InChI=1S/C20H23N3O3/c1-26-18-10-6-5-9-17(18)22-11-13-23(14-12-22)20(25)15-19(24)21-16-7-3-2-4-8-16/h2-10H,11-15H2,1H3,(H,21,24). The van der Waals surface area contributed by atoms with Gasteiger partial charge in [-0.1, -0.05) is 30.3 Å². The lowest BCUT2D eigenvalue weighted by molar-refractivity contribution is -0.134. The molecule has 1 fully saturated rings. The molecule has 6 nitrogen and oxygen atoms in total. The van der Waals surface area contributed by atoms with E-state index in [-0.39, 0.29) is 18.2 Å². The number of piperazine rings is 1.